The minimum Gasteiger partial charge on any atom is -0.377 e. The van der Waals surface area contributed by atoms with Crippen LogP contribution < -0.4 is 10.6 Å². The third-order valence-electron chi connectivity index (χ3n) is 3.41. The minimum absolute atomic E-state index is 0.0467. The molecular weight excluding hydrogens is 226 g/mol. The Morgan fingerprint density at radius 2 is 2.39 bits per heavy atom. The lowest BCUT2D eigenvalue weighted by Gasteiger charge is -2.24. The van der Waals surface area contributed by atoms with Gasteiger partial charge < -0.3 is 15.4 Å². The van der Waals surface area contributed by atoms with Gasteiger partial charge in [-0.3, -0.25) is 4.98 Å². The van der Waals surface area contributed by atoms with Crippen molar-refractivity contribution in [2.24, 2.45) is 5.73 Å². The van der Waals surface area contributed by atoms with Crippen LogP contribution in [0, 0.1) is 0 Å². The van der Waals surface area contributed by atoms with Gasteiger partial charge in [-0.2, -0.15) is 0 Å². The van der Waals surface area contributed by atoms with Crippen molar-refractivity contribution < 1.29 is 4.74 Å². The maximum Gasteiger partial charge on any atom is 0.0721 e. The summed E-state index contributed by atoms with van der Waals surface area (Å²) >= 11 is 0. The molecule has 4 heteroatoms. The molecule has 2 atom stereocenters. The van der Waals surface area contributed by atoms with Crippen LogP contribution in [0.1, 0.15) is 38.4 Å². The molecule has 2 N–H and O–H groups in total. The predicted octanol–water partition coefficient (Wildman–Crippen LogP) is 2.11. The van der Waals surface area contributed by atoms with Gasteiger partial charge in [-0.05, 0) is 31.9 Å². The third kappa shape index (κ3) is 3.21. The minimum atomic E-state index is 0.0467. The summed E-state index contributed by atoms with van der Waals surface area (Å²) in [6.07, 6.45) is 4.20. The number of ether oxygens (including phenoxy) is 1. The zero-order valence-electron chi connectivity index (χ0n) is 11.3. The number of anilines is 1. The molecule has 0 bridgehead atoms. The van der Waals surface area contributed by atoms with Gasteiger partial charge in [-0.15, -0.1) is 0 Å². The zero-order valence-corrected chi connectivity index (χ0v) is 11.3. The topological polar surface area (TPSA) is 51.4 Å². The van der Waals surface area contributed by atoms with E-state index in [1.807, 2.05) is 12.3 Å². The first kappa shape index (κ1) is 13.3. The monoisotopic (exact) mass is 249 g/mol. The number of aromatic nitrogens is 1. The van der Waals surface area contributed by atoms with Crippen LogP contribution in [0.2, 0.25) is 0 Å². The quantitative estimate of drug-likeness (QED) is 0.891. The van der Waals surface area contributed by atoms with Gasteiger partial charge in [0.25, 0.3) is 0 Å². The molecule has 1 aromatic rings. The summed E-state index contributed by atoms with van der Waals surface area (Å²) in [7, 11) is 0. The molecule has 1 saturated heterocycles. The van der Waals surface area contributed by atoms with Crippen molar-refractivity contribution in [3.05, 3.63) is 24.0 Å². The van der Waals surface area contributed by atoms with Crippen molar-refractivity contribution in [3.63, 3.8) is 0 Å². The Morgan fingerprint density at radius 1 is 1.56 bits per heavy atom. The second-order valence-electron chi connectivity index (χ2n) is 4.94. The molecular formula is C14H23N3O. The average Bonchev–Trinajstić information content (AvgIpc) is 2.63. The summed E-state index contributed by atoms with van der Waals surface area (Å²) in [6, 6.07) is 4.21. The number of hydrogen-bond acceptors (Lipinski definition) is 4. The normalized spacial score (nSPS) is 22.6. The summed E-state index contributed by atoms with van der Waals surface area (Å²) in [4.78, 5) is 6.81. The largest absolute Gasteiger partial charge is 0.377 e. The van der Waals surface area contributed by atoms with Crippen LogP contribution >= 0.6 is 0 Å². The Labute approximate surface area is 109 Å². The van der Waals surface area contributed by atoms with Crippen LogP contribution in [-0.4, -0.2) is 30.8 Å². The van der Waals surface area contributed by atoms with E-state index in [-0.39, 0.29) is 12.1 Å². The number of rotatable bonds is 3. The molecule has 1 aliphatic rings. The van der Waals surface area contributed by atoms with Gasteiger partial charge in [0.15, 0.2) is 0 Å². The van der Waals surface area contributed by atoms with E-state index in [1.165, 1.54) is 5.69 Å². The Kier molecular flexibility index (Phi) is 4.55. The number of nitrogens with zero attached hydrogens (tertiary/aromatic N) is 2. The summed E-state index contributed by atoms with van der Waals surface area (Å²) in [5.74, 6) is 0. The standard InChI is InChI=1S/C14H23N3O/c1-3-13(15)14-6-5-12(9-16-14)17-7-4-8-18-11(2)10-17/h5-6,9,11,13H,3-4,7-8,10,15H2,1-2H3. The molecule has 2 heterocycles. The van der Waals surface area contributed by atoms with Gasteiger partial charge in [0.05, 0.1) is 23.7 Å². The van der Waals surface area contributed by atoms with Gasteiger partial charge in [-0.1, -0.05) is 6.92 Å². The van der Waals surface area contributed by atoms with Crippen LogP contribution in [-0.2, 0) is 4.74 Å². The van der Waals surface area contributed by atoms with E-state index >= 15 is 0 Å². The fraction of sp³-hybridized carbons (Fsp3) is 0.643. The summed E-state index contributed by atoms with van der Waals surface area (Å²) in [5, 5.41) is 0. The highest BCUT2D eigenvalue weighted by atomic mass is 16.5. The molecule has 0 radical (unpaired) electrons. The molecule has 18 heavy (non-hydrogen) atoms. The lowest BCUT2D eigenvalue weighted by molar-refractivity contribution is 0.0821. The average molecular weight is 249 g/mol. The molecule has 0 spiro atoms. The first-order valence-electron chi connectivity index (χ1n) is 6.78. The van der Waals surface area contributed by atoms with Crippen LogP contribution in [0.15, 0.2) is 18.3 Å². The molecule has 2 rings (SSSR count). The summed E-state index contributed by atoms with van der Waals surface area (Å²) in [5.41, 5.74) is 8.11. The van der Waals surface area contributed by atoms with Crippen molar-refractivity contribution >= 4 is 5.69 Å². The van der Waals surface area contributed by atoms with E-state index < -0.39 is 0 Å². The first-order valence-corrected chi connectivity index (χ1v) is 6.78. The molecule has 1 fully saturated rings. The number of nitrogens with two attached hydrogens (primary N) is 1. The lowest BCUT2D eigenvalue weighted by atomic mass is 10.1. The van der Waals surface area contributed by atoms with Gasteiger partial charge in [0.2, 0.25) is 0 Å². The second-order valence-corrected chi connectivity index (χ2v) is 4.94. The SMILES string of the molecule is CCC(N)c1ccc(N2CCCOC(C)C2)cn1. The van der Waals surface area contributed by atoms with E-state index in [0.717, 1.165) is 38.2 Å². The van der Waals surface area contributed by atoms with Crippen LogP contribution in [0.25, 0.3) is 0 Å². The zero-order chi connectivity index (χ0) is 13.0. The molecule has 0 saturated carbocycles. The molecule has 1 aromatic heterocycles. The van der Waals surface area contributed by atoms with Crippen LogP contribution in [0.4, 0.5) is 5.69 Å². The van der Waals surface area contributed by atoms with Gasteiger partial charge >= 0.3 is 0 Å². The van der Waals surface area contributed by atoms with Crippen molar-refractivity contribution in [2.45, 2.75) is 38.8 Å². The third-order valence-corrected chi connectivity index (χ3v) is 3.41. The fourth-order valence-corrected chi connectivity index (χ4v) is 2.24. The molecule has 0 amide bonds. The smallest absolute Gasteiger partial charge is 0.0721 e. The van der Waals surface area contributed by atoms with E-state index in [2.05, 4.69) is 29.8 Å². The highest BCUT2D eigenvalue weighted by Gasteiger charge is 2.16. The van der Waals surface area contributed by atoms with Crippen LogP contribution in [0.5, 0.6) is 0 Å². The Hall–Kier alpha value is -1.13. The Bertz CT molecular complexity index is 366. The van der Waals surface area contributed by atoms with Gasteiger partial charge in [0, 0.05) is 25.7 Å². The molecule has 100 valence electrons. The molecule has 0 aromatic carbocycles. The number of hydrogen-bond donors (Lipinski definition) is 1. The van der Waals surface area contributed by atoms with E-state index in [1.54, 1.807) is 0 Å². The molecule has 1 aliphatic heterocycles. The summed E-state index contributed by atoms with van der Waals surface area (Å²) < 4.78 is 5.65. The van der Waals surface area contributed by atoms with E-state index in [0.29, 0.717) is 0 Å². The van der Waals surface area contributed by atoms with E-state index in [4.69, 9.17) is 10.5 Å². The maximum absolute atomic E-state index is 5.97. The van der Waals surface area contributed by atoms with Crippen molar-refractivity contribution in [1.29, 1.82) is 0 Å². The van der Waals surface area contributed by atoms with Crippen molar-refractivity contribution in [3.8, 4) is 0 Å². The van der Waals surface area contributed by atoms with Gasteiger partial charge in [-0.25, -0.2) is 0 Å². The van der Waals surface area contributed by atoms with E-state index in [9.17, 15) is 0 Å². The molecule has 0 aliphatic carbocycles. The highest BCUT2D eigenvalue weighted by molar-refractivity contribution is 5.45. The van der Waals surface area contributed by atoms with Crippen molar-refractivity contribution in [2.75, 3.05) is 24.6 Å². The second kappa shape index (κ2) is 6.16. The van der Waals surface area contributed by atoms with Gasteiger partial charge in [0.1, 0.15) is 0 Å². The first-order chi connectivity index (χ1) is 8.70. The summed E-state index contributed by atoms with van der Waals surface area (Å²) in [6.45, 7) is 7.01. The fourth-order valence-electron chi connectivity index (χ4n) is 2.24. The lowest BCUT2D eigenvalue weighted by Crippen LogP contribution is -2.30. The number of pyridine rings is 1. The van der Waals surface area contributed by atoms with Crippen molar-refractivity contribution in [1.82, 2.24) is 4.98 Å². The van der Waals surface area contributed by atoms with Crippen LogP contribution in [0.3, 0.4) is 0 Å². The highest BCUT2D eigenvalue weighted by Crippen LogP contribution is 2.19. The predicted molar refractivity (Wildman–Crippen MR) is 73.7 cm³/mol. The Morgan fingerprint density at radius 3 is 3.06 bits per heavy atom. The molecule has 2 unspecified atom stereocenters. The Balaban J connectivity index is 2.08. The maximum atomic E-state index is 5.97. The molecule has 4 nitrogen and oxygen atoms in total.